The zero-order chi connectivity index (χ0) is 12.4. The molecule has 2 atom stereocenters. The molecule has 1 saturated heterocycles. The summed E-state index contributed by atoms with van der Waals surface area (Å²) in [5.74, 6) is -0.237. The Bertz CT molecular complexity index is 411. The van der Waals surface area contributed by atoms with Gasteiger partial charge in [0, 0.05) is 12.2 Å². The van der Waals surface area contributed by atoms with Crippen LogP contribution in [0.15, 0.2) is 16.6 Å². The summed E-state index contributed by atoms with van der Waals surface area (Å²) < 4.78 is 19.6. The highest BCUT2D eigenvalue weighted by Crippen LogP contribution is 2.25. The van der Waals surface area contributed by atoms with E-state index in [0.29, 0.717) is 10.6 Å². The average Bonchev–Trinajstić information content (AvgIpc) is 2.68. The summed E-state index contributed by atoms with van der Waals surface area (Å²) in [6, 6.07) is 3.31. The molecule has 1 aliphatic rings. The summed E-state index contributed by atoms with van der Waals surface area (Å²) in [7, 11) is 0. The number of hydrogen-bond acceptors (Lipinski definition) is 2. The first kappa shape index (κ1) is 12.8. The third-order valence-corrected chi connectivity index (χ3v) is 3.72. The Labute approximate surface area is 110 Å². The van der Waals surface area contributed by atoms with Gasteiger partial charge in [-0.15, -0.1) is 0 Å². The number of rotatable bonds is 3. The minimum atomic E-state index is -0.237. The first-order chi connectivity index (χ1) is 8.06. The number of aryl methyl sites for hydroxylation is 1. The number of anilines is 1. The van der Waals surface area contributed by atoms with Crippen LogP contribution < -0.4 is 5.32 Å². The molecule has 1 fully saturated rings. The van der Waals surface area contributed by atoms with Crippen molar-refractivity contribution in [2.75, 3.05) is 11.9 Å². The molecule has 0 saturated carbocycles. The minimum absolute atomic E-state index is 0.237. The fraction of sp³-hybridized carbons (Fsp3) is 0.538. The van der Waals surface area contributed by atoms with Crippen LogP contribution in [0.4, 0.5) is 10.1 Å². The molecule has 1 aromatic carbocycles. The van der Waals surface area contributed by atoms with Crippen LogP contribution in [0, 0.1) is 12.7 Å². The summed E-state index contributed by atoms with van der Waals surface area (Å²) >= 11 is 3.18. The molecule has 2 nitrogen and oxygen atoms in total. The van der Waals surface area contributed by atoms with Crippen molar-refractivity contribution in [2.45, 2.75) is 38.9 Å². The highest BCUT2D eigenvalue weighted by molar-refractivity contribution is 9.10. The largest absolute Gasteiger partial charge is 0.382 e. The van der Waals surface area contributed by atoms with Crippen LogP contribution in [0.2, 0.25) is 0 Å². The summed E-state index contributed by atoms with van der Waals surface area (Å²) in [4.78, 5) is 0. The molecule has 1 aliphatic heterocycles. The zero-order valence-electron chi connectivity index (χ0n) is 10.1. The average molecular weight is 302 g/mol. The fourth-order valence-corrected chi connectivity index (χ4v) is 2.55. The van der Waals surface area contributed by atoms with Gasteiger partial charge in [0.15, 0.2) is 0 Å². The van der Waals surface area contributed by atoms with E-state index in [4.69, 9.17) is 4.74 Å². The normalized spacial score (nSPS) is 24.0. The quantitative estimate of drug-likeness (QED) is 0.915. The van der Waals surface area contributed by atoms with Gasteiger partial charge >= 0.3 is 0 Å². The second-order valence-corrected chi connectivity index (χ2v) is 5.46. The number of nitrogens with one attached hydrogen (secondary N) is 1. The molecule has 0 spiro atoms. The van der Waals surface area contributed by atoms with E-state index in [9.17, 15) is 4.39 Å². The van der Waals surface area contributed by atoms with Gasteiger partial charge in [-0.3, -0.25) is 0 Å². The Morgan fingerprint density at radius 2 is 2.24 bits per heavy atom. The van der Waals surface area contributed by atoms with Gasteiger partial charge in [-0.2, -0.15) is 0 Å². The molecule has 0 radical (unpaired) electrons. The number of halogens is 2. The second-order valence-electron chi connectivity index (χ2n) is 4.61. The predicted molar refractivity (Wildman–Crippen MR) is 70.9 cm³/mol. The molecule has 0 amide bonds. The van der Waals surface area contributed by atoms with E-state index in [1.807, 2.05) is 6.92 Å². The molecule has 1 aromatic rings. The summed E-state index contributed by atoms with van der Waals surface area (Å²) in [5, 5.41) is 3.26. The van der Waals surface area contributed by atoms with Crippen molar-refractivity contribution < 1.29 is 9.13 Å². The van der Waals surface area contributed by atoms with Gasteiger partial charge < -0.3 is 10.1 Å². The van der Waals surface area contributed by atoms with Crippen molar-refractivity contribution in [1.29, 1.82) is 0 Å². The monoisotopic (exact) mass is 301 g/mol. The van der Waals surface area contributed by atoms with Crippen LogP contribution in [0.3, 0.4) is 0 Å². The number of hydrogen-bond donors (Lipinski definition) is 1. The summed E-state index contributed by atoms with van der Waals surface area (Å²) in [6.45, 7) is 4.79. The molecular weight excluding hydrogens is 285 g/mol. The van der Waals surface area contributed by atoms with Crippen molar-refractivity contribution in [1.82, 2.24) is 0 Å². The Morgan fingerprint density at radius 1 is 1.47 bits per heavy atom. The Balaban J connectivity index is 1.97. The van der Waals surface area contributed by atoms with E-state index in [0.717, 1.165) is 30.6 Å². The third-order valence-electron chi connectivity index (χ3n) is 3.11. The lowest BCUT2D eigenvalue weighted by Crippen LogP contribution is -2.20. The molecule has 4 heteroatoms. The van der Waals surface area contributed by atoms with Crippen LogP contribution in [-0.4, -0.2) is 18.8 Å². The van der Waals surface area contributed by atoms with Gasteiger partial charge in [-0.25, -0.2) is 4.39 Å². The minimum Gasteiger partial charge on any atom is -0.382 e. The SMILES string of the molecule is Cc1cc(Br)c(F)cc1NCC1CCC(C)O1. The zero-order valence-corrected chi connectivity index (χ0v) is 11.7. The molecule has 0 bridgehead atoms. The van der Waals surface area contributed by atoms with Gasteiger partial charge in [-0.1, -0.05) is 0 Å². The van der Waals surface area contributed by atoms with E-state index in [1.165, 1.54) is 6.07 Å². The van der Waals surface area contributed by atoms with E-state index in [2.05, 4.69) is 28.2 Å². The first-order valence-electron chi connectivity index (χ1n) is 5.91. The molecule has 17 heavy (non-hydrogen) atoms. The fourth-order valence-electron chi connectivity index (χ4n) is 2.10. The van der Waals surface area contributed by atoms with Gasteiger partial charge in [0.25, 0.3) is 0 Å². The maximum atomic E-state index is 13.4. The Hall–Kier alpha value is -0.610. The van der Waals surface area contributed by atoms with Crippen LogP contribution >= 0.6 is 15.9 Å². The molecule has 94 valence electrons. The van der Waals surface area contributed by atoms with E-state index in [1.54, 1.807) is 6.07 Å². The Morgan fingerprint density at radius 3 is 2.88 bits per heavy atom. The van der Waals surface area contributed by atoms with E-state index in [-0.39, 0.29) is 11.9 Å². The highest BCUT2D eigenvalue weighted by Gasteiger charge is 2.21. The Kier molecular flexibility index (Phi) is 4.05. The van der Waals surface area contributed by atoms with Gasteiger partial charge in [0.1, 0.15) is 5.82 Å². The second kappa shape index (κ2) is 5.36. The lowest BCUT2D eigenvalue weighted by Gasteiger charge is -2.15. The van der Waals surface area contributed by atoms with Gasteiger partial charge in [0.2, 0.25) is 0 Å². The molecule has 0 aliphatic carbocycles. The van der Waals surface area contributed by atoms with Crippen LogP contribution in [-0.2, 0) is 4.74 Å². The van der Waals surface area contributed by atoms with Crippen LogP contribution in [0.25, 0.3) is 0 Å². The van der Waals surface area contributed by atoms with Crippen molar-refractivity contribution in [3.8, 4) is 0 Å². The maximum Gasteiger partial charge on any atom is 0.139 e. The lowest BCUT2D eigenvalue weighted by molar-refractivity contribution is 0.0637. The number of benzene rings is 1. The van der Waals surface area contributed by atoms with Crippen molar-refractivity contribution in [2.24, 2.45) is 0 Å². The maximum absolute atomic E-state index is 13.4. The smallest absolute Gasteiger partial charge is 0.139 e. The molecule has 1 N–H and O–H groups in total. The van der Waals surface area contributed by atoms with Crippen LogP contribution in [0.1, 0.15) is 25.3 Å². The van der Waals surface area contributed by atoms with Crippen molar-refractivity contribution in [3.63, 3.8) is 0 Å². The summed E-state index contributed by atoms with van der Waals surface area (Å²) in [6.07, 6.45) is 2.78. The van der Waals surface area contributed by atoms with Gasteiger partial charge in [-0.05, 0) is 60.3 Å². The molecule has 1 heterocycles. The van der Waals surface area contributed by atoms with Crippen molar-refractivity contribution >= 4 is 21.6 Å². The highest BCUT2D eigenvalue weighted by atomic mass is 79.9. The van der Waals surface area contributed by atoms with Gasteiger partial charge in [0.05, 0.1) is 16.7 Å². The standard InChI is InChI=1S/C13H17BrFNO/c1-8-5-11(14)12(15)6-13(8)16-7-10-4-3-9(2)17-10/h5-6,9-10,16H,3-4,7H2,1-2H3. The van der Waals surface area contributed by atoms with E-state index < -0.39 is 0 Å². The third kappa shape index (κ3) is 3.19. The molecule has 0 aromatic heterocycles. The number of ether oxygens (including phenoxy) is 1. The van der Waals surface area contributed by atoms with Crippen molar-refractivity contribution in [3.05, 3.63) is 28.0 Å². The molecular formula is C13H17BrFNO. The lowest BCUT2D eigenvalue weighted by atomic mass is 10.1. The molecule has 2 rings (SSSR count). The predicted octanol–water partition coefficient (Wildman–Crippen LogP) is 3.88. The molecule has 2 unspecified atom stereocenters. The summed E-state index contributed by atoms with van der Waals surface area (Å²) in [5.41, 5.74) is 1.87. The first-order valence-corrected chi connectivity index (χ1v) is 6.70. The topological polar surface area (TPSA) is 21.3 Å². The van der Waals surface area contributed by atoms with E-state index >= 15 is 0 Å². The van der Waals surface area contributed by atoms with Crippen LogP contribution in [0.5, 0.6) is 0 Å².